The van der Waals surface area contributed by atoms with Gasteiger partial charge in [0.2, 0.25) is 11.8 Å². The molecule has 0 aliphatic heterocycles. The number of anilines is 2. The highest BCUT2D eigenvalue weighted by atomic mass is 16.3. The van der Waals surface area contributed by atoms with Gasteiger partial charge in [-0.15, -0.1) is 0 Å². The molecule has 8 heteroatoms. The molecule has 1 aliphatic rings. The van der Waals surface area contributed by atoms with Gasteiger partial charge in [0, 0.05) is 37.0 Å². The van der Waals surface area contributed by atoms with Crippen molar-refractivity contribution in [3.05, 3.63) is 77.1 Å². The lowest BCUT2D eigenvalue weighted by atomic mass is 9.61. The van der Waals surface area contributed by atoms with Gasteiger partial charge in [0.15, 0.2) is 0 Å². The van der Waals surface area contributed by atoms with Crippen LogP contribution >= 0.6 is 0 Å². The number of hydrogen-bond donors (Lipinski definition) is 3. The largest absolute Gasteiger partial charge is 0.389 e. The van der Waals surface area contributed by atoms with E-state index in [0.717, 1.165) is 11.1 Å². The van der Waals surface area contributed by atoms with Gasteiger partial charge in [-0.3, -0.25) is 19.1 Å². The van der Waals surface area contributed by atoms with Gasteiger partial charge in [-0.2, -0.15) is 5.10 Å². The molecular weight excluding hydrogens is 456 g/mol. The number of aryl methyl sites for hydroxylation is 4. The SMILES string of the molecule is Cc1ccccc1NC(=O)[C@H]1C(=O)C[C@](C)(O)[C@H](C(=O)Nc2ccccc2C)[C@H]1c1cn(C)nc1C. The van der Waals surface area contributed by atoms with Gasteiger partial charge in [0.05, 0.1) is 17.2 Å². The Bertz CT molecular complexity index is 1330. The van der Waals surface area contributed by atoms with Gasteiger partial charge in [-0.1, -0.05) is 36.4 Å². The highest BCUT2D eigenvalue weighted by Gasteiger charge is 2.56. The number of aromatic nitrogens is 2. The molecule has 1 aromatic heterocycles. The Balaban J connectivity index is 1.80. The molecule has 188 valence electrons. The molecule has 2 aromatic carbocycles. The first-order chi connectivity index (χ1) is 17.0. The second-order valence-electron chi connectivity index (χ2n) is 9.93. The molecule has 4 atom stereocenters. The minimum absolute atomic E-state index is 0.319. The Morgan fingerprint density at radius 2 is 1.50 bits per heavy atom. The summed E-state index contributed by atoms with van der Waals surface area (Å²) in [5.41, 5.74) is 2.42. The molecule has 0 radical (unpaired) electrons. The normalized spacial score (nSPS) is 23.8. The molecule has 1 fully saturated rings. The molecule has 4 rings (SSSR count). The second kappa shape index (κ2) is 9.70. The number of para-hydroxylation sites is 2. The Labute approximate surface area is 210 Å². The van der Waals surface area contributed by atoms with Gasteiger partial charge < -0.3 is 15.7 Å². The van der Waals surface area contributed by atoms with Gasteiger partial charge in [-0.25, -0.2) is 0 Å². The van der Waals surface area contributed by atoms with Crippen molar-refractivity contribution in [1.29, 1.82) is 0 Å². The molecule has 0 saturated heterocycles. The first-order valence-corrected chi connectivity index (χ1v) is 12.0. The molecule has 3 aromatic rings. The quantitative estimate of drug-likeness (QED) is 0.475. The first kappa shape index (κ1) is 25.3. The lowest BCUT2D eigenvalue weighted by Gasteiger charge is -2.44. The van der Waals surface area contributed by atoms with Crippen molar-refractivity contribution < 1.29 is 19.5 Å². The van der Waals surface area contributed by atoms with E-state index in [9.17, 15) is 19.5 Å². The third kappa shape index (κ3) is 4.81. The molecule has 0 spiro atoms. The van der Waals surface area contributed by atoms with Crippen LogP contribution in [0, 0.1) is 32.6 Å². The first-order valence-electron chi connectivity index (χ1n) is 12.0. The molecule has 1 heterocycles. The summed E-state index contributed by atoms with van der Waals surface area (Å²) >= 11 is 0. The van der Waals surface area contributed by atoms with E-state index in [1.54, 1.807) is 43.0 Å². The van der Waals surface area contributed by atoms with Crippen molar-refractivity contribution in [2.24, 2.45) is 18.9 Å². The van der Waals surface area contributed by atoms with E-state index in [-0.39, 0.29) is 6.42 Å². The number of Topliss-reactive ketones (excluding diaryl/α,β-unsaturated/α-hetero) is 1. The number of nitrogens with zero attached hydrogens (tertiary/aromatic N) is 2. The van der Waals surface area contributed by atoms with Crippen LogP contribution in [0.5, 0.6) is 0 Å². The van der Waals surface area contributed by atoms with Crippen LogP contribution in [-0.4, -0.2) is 38.1 Å². The standard InChI is InChI=1S/C28H32N4O4/c1-16-10-6-8-12-20(16)29-26(34)24-22(33)14-28(4,36)25(23(24)19-15-32(5)31-18(19)3)27(35)30-21-13-9-7-11-17(21)2/h6-13,15,23-25,36H,14H2,1-5H3,(H,29,34)(H,30,35)/t23-,24-,25-,28-/m0/s1. The van der Waals surface area contributed by atoms with Gasteiger partial charge >= 0.3 is 0 Å². The summed E-state index contributed by atoms with van der Waals surface area (Å²) in [4.78, 5) is 40.9. The number of rotatable bonds is 5. The smallest absolute Gasteiger partial charge is 0.235 e. The van der Waals surface area contributed by atoms with E-state index in [1.165, 1.54) is 6.92 Å². The zero-order valence-electron chi connectivity index (χ0n) is 21.2. The number of nitrogens with one attached hydrogen (secondary N) is 2. The molecule has 8 nitrogen and oxygen atoms in total. The fourth-order valence-corrected chi connectivity index (χ4v) is 5.26. The Kier molecular flexibility index (Phi) is 6.82. The van der Waals surface area contributed by atoms with Crippen LogP contribution in [-0.2, 0) is 21.4 Å². The number of ketones is 1. The summed E-state index contributed by atoms with van der Waals surface area (Å²) in [6, 6.07) is 14.6. The molecular formula is C28H32N4O4. The Morgan fingerprint density at radius 1 is 0.972 bits per heavy atom. The van der Waals surface area contributed by atoms with Crippen molar-refractivity contribution in [3.63, 3.8) is 0 Å². The molecule has 0 unspecified atom stereocenters. The maximum absolute atomic E-state index is 13.8. The van der Waals surface area contributed by atoms with Crippen LogP contribution in [0.15, 0.2) is 54.7 Å². The number of aliphatic hydroxyl groups is 1. The number of carbonyl (C=O) groups excluding carboxylic acids is 3. The number of hydrogen-bond acceptors (Lipinski definition) is 5. The van der Waals surface area contributed by atoms with Crippen LogP contribution in [0.4, 0.5) is 11.4 Å². The van der Waals surface area contributed by atoms with Crippen molar-refractivity contribution in [2.75, 3.05) is 10.6 Å². The van der Waals surface area contributed by atoms with E-state index in [1.807, 2.05) is 44.2 Å². The summed E-state index contributed by atoms with van der Waals surface area (Å²) < 4.78 is 1.59. The molecule has 2 amide bonds. The van der Waals surface area contributed by atoms with E-state index < -0.39 is 41.0 Å². The Hall–Kier alpha value is -3.78. The average molecular weight is 489 g/mol. The van der Waals surface area contributed by atoms with Crippen LogP contribution in [0.1, 0.15) is 41.6 Å². The maximum atomic E-state index is 13.8. The minimum Gasteiger partial charge on any atom is -0.389 e. The van der Waals surface area contributed by atoms with Crippen LogP contribution < -0.4 is 10.6 Å². The fraction of sp³-hybridized carbons (Fsp3) is 0.357. The van der Waals surface area contributed by atoms with Crippen molar-refractivity contribution in [1.82, 2.24) is 9.78 Å². The van der Waals surface area contributed by atoms with E-state index >= 15 is 0 Å². The number of benzene rings is 2. The van der Waals surface area contributed by atoms with E-state index in [0.29, 0.717) is 22.6 Å². The topological polar surface area (TPSA) is 113 Å². The van der Waals surface area contributed by atoms with Gasteiger partial charge in [-0.05, 0) is 56.5 Å². The summed E-state index contributed by atoms with van der Waals surface area (Å²) in [7, 11) is 1.74. The van der Waals surface area contributed by atoms with E-state index in [2.05, 4.69) is 15.7 Å². The third-order valence-electron chi connectivity index (χ3n) is 7.05. The molecule has 1 saturated carbocycles. The van der Waals surface area contributed by atoms with Crippen molar-refractivity contribution in [2.45, 2.75) is 45.6 Å². The average Bonchev–Trinajstić information content (AvgIpc) is 3.13. The predicted molar refractivity (Wildman–Crippen MR) is 138 cm³/mol. The number of amides is 2. The molecule has 36 heavy (non-hydrogen) atoms. The van der Waals surface area contributed by atoms with Gasteiger partial charge in [0.25, 0.3) is 0 Å². The minimum atomic E-state index is -1.67. The zero-order chi connectivity index (χ0) is 26.2. The lowest BCUT2D eigenvalue weighted by Crippen LogP contribution is -2.56. The molecule has 1 aliphatic carbocycles. The summed E-state index contributed by atoms with van der Waals surface area (Å²) in [5.74, 6) is -4.55. The monoisotopic (exact) mass is 488 g/mol. The van der Waals surface area contributed by atoms with Crippen LogP contribution in [0.2, 0.25) is 0 Å². The zero-order valence-corrected chi connectivity index (χ0v) is 21.2. The van der Waals surface area contributed by atoms with E-state index in [4.69, 9.17) is 0 Å². The van der Waals surface area contributed by atoms with Crippen molar-refractivity contribution >= 4 is 29.0 Å². The molecule has 0 bridgehead atoms. The van der Waals surface area contributed by atoms with Crippen molar-refractivity contribution in [3.8, 4) is 0 Å². The fourth-order valence-electron chi connectivity index (χ4n) is 5.26. The third-order valence-corrected chi connectivity index (χ3v) is 7.05. The number of carbonyl (C=O) groups is 3. The molecule has 3 N–H and O–H groups in total. The Morgan fingerprint density at radius 3 is 2.00 bits per heavy atom. The maximum Gasteiger partial charge on any atom is 0.235 e. The summed E-state index contributed by atoms with van der Waals surface area (Å²) in [6.45, 7) is 7.00. The summed E-state index contributed by atoms with van der Waals surface area (Å²) in [6.07, 6.45) is 1.40. The summed E-state index contributed by atoms with van der Waals surface area (Å²) in [5, 5.41) is 21.7. The van der Waals surface area contributed by atoms with Crippen LogP contribution in [0.3, 0.4) is 0 Å². The second-order valence-corrected chi connectivity index (χ2v) is 9.93. The van der Waals surface area contributed by atoms with Gasteiger partial charge in [0.1, 0.15) is 11.7 Å². The lowest BCUT2D eigenvalue weighted by molar-refractivity contribution is -0.150. The van der Waals surface area contributed by atoms with Crippen LogP contribution in [0.25, 0.3) is 0 Å². The highest BCUT2D eigenvalue weighted by Crippen LogP contribution is 2.47. The predicted octanol–water partition coefficient (Wildman–Crippen LogP) is 3.66. The highest BCUT2D eigenvalue weighted by molar-refractivity contribution is 6.10.